The second kappa shape index (κ2) is 5.97. The van der Waals surface area contributed by atoms with E-state index in [9.17, 15) is 0 Å². The first-order valence-electron chi connectivity index (χ1n) is 5.14. The molecule has 14 heavy (non-hydrogen) atoms. The summed E-state index contributed by atoms with van der Waals surface area (Å²) < 4.78 is 0. The van der Waals surface area contributed by atoms with Crippen LogP contribution in [0.4, 0.5) is 5.69 Å². The summed E-state index contributed by atoms with van der Waals surface area (Å²) in [5.41, 5.74) is 7.91. The van der Waals surface area contributed by atoms with Gasteiger partial charge in [-0.3, -0.25) is 0 Å². The van der Waals surface area contributed by atoms with Crippen LogP contribution < -0.4 is 5.73 Å². The van der Waals surface area contributed by atoms with E-state index in [1.807, 2.05) is 23.9 Å². The Morgan fingerprint density at radius 2 is 2.21 bits per heavy atom. The maximum absolute atomic E-state index is 5.71. The highest BCUT2D eigenvalue weighted by Gasteiger charge is 1.99. The number of thioether (sulfide) groups is 1. The molecule has 1 unspecified atom stereocenters. The van der Waals surface area contributed by atoms with Crippen LogP contribution in [0.3, 0.4) is 0 Å². The zero-order valence-electron chi connectivity index (χ0n) is 8.99. The molecule has 0 spiro atoms. The lowest BCUT2D eigenvalue weighted by atomic mass is 10.2. The maximum atomic E-state index is 5.71. The number of hydrogen-bond acceptors (Lipinski definition) is 2. The first-order chi connectivity index (χ1) is 6.72. The lowest BCUT2D eigenvalue weighted by Gasteiger charge is -2.07. The van der Waals surface area contributed by atoms with Crippen molar-refractivity contribution in [1.82, 2.24) is 0 Å². The molecule has 1 aromatic carbocycles. The molecule has 0 saturated heterocycles. The molecule has 0 amide bonds. The number of nitrogen functional groups attached to an aromatic ring is 1. The smallest absolute Gasteiger partial charge is 0.0317 e. The van der Waals surface area contributed by atoms with Crippen LogP contribution in [0.2, 0.25) is 0 Å². The Bertz CT molecular complexity index is 273. The Morgan fingerprint density at radius 1 is 1.43 bits per heavy atom. The molecule has 1 atom stereocenters. The predicted molar refractivity (Wildman–Crippen MR) is 66.5 cm³/mol. The molecule has 0 fully saturated rings. The lowest BCUT2D eigenvalue weighted by molar-refractivity contribution is 0.637. The maximum Gasteiger partial charge on any atom is 0.0317 e. The Kier molecular flexibility index (Phi) is 4.88. The molecule has 2 heteroatoms. The molecule has 0 aliphatic heterocycles. The standard InChI is InChI=1S/C12H19NS/c1-3-10(2)8-14-9-11-5-4-6-12(13)7-11/h4-7,10H,3,8-9,13H2,1-2H3. The zero-order chi connectivity index (χ0) is 10.4. The van der Waals surface area contributed by atoms with Gasteiger partial charge in [-0.05, 0) is 29.4 Å². The van der Waals surface area contributed by atoms with Gasteiger partial charge < -0.3 is 5.73 Å². The van der Waals surface area contributed by atoms with Crippen molar-refractivity contribution in [2.24, 2.45) is 5.92 Å². The van der Waals surface area contributed by atoms with Crippen molar-refractivity contribution < 1.29 is 0 Å². The third-order valence-electron chi connectivity index (χ3n) is 2.32. The van der Waals surface area contributed by atoms with Crippen LogP contribution >= 0.6 is 11.8 Å². The van der Waals surface area contributed by atoms with E-state index in [4.69, 9.17) is 5.73 Å². The normalized spacial score (nSPS) is 12.7. The minimum Gasteiger partial charge on any atom is -0.399 e. The molecule has 1 nitrogen and oxygen atoms in total. The molecule has 0 heterocycles. The van der Waals surface area contributed by atoms with E-state index in [0.717, 1.165) is 17.4 Å². The van der Waals surface area contributed by atoms with Gasteiger partial charge in [0.2, 0.25) is 0 Å². The van der Waals surface area contributed by atoms with Gasteiger partial charge in [0.1, 0.15) is 0 Å². The fraction of sp³-hybridized carbons (Fsp3) is 0.500. The first-order valence-corrected chi connectivity index (χ1v) is 6.30. The summed E-state index contributed by atoms with van der Waals surface area (Å²) in [7, 11) is 0. The number of nitrogens with two attached hydrogens (primary N) is 1. The molecule has 0 aliphatic rings. The molecule has 0 aliphatic carbocycles. The van der Waals surface area contributed by atoms with Gasteiger partial charge >= 0.3 is 0 Å². The minimum absolute atomic E-state index is 0.820. The SMILES string of the molecule is CCC(C)CSCc1cccc(N)c1. The molecular formula is C12H19NS. The van der Waals surface area contributed by atoms with Gasteiger partial charge in [0.25, 0.3) is 0 Å². The van der Waals surface area contributed by atoms with Crippen LogP contribution in [0, 0.1) is 5.92 Å². The lowest BCUT2D eigenvalue weighted by Crippen LogP contribution is -1.96. The summed E-state index contributed by atoms with van der Waals surface area (Å²) in [6, 6.07) is 8.15. The van der Waals surface area contributed by atoms with E-state index in [1.165, 1.54) is 17.7 Å². The van der Waals surface area contributed by atoms with Crippen molar-refractivity contribution >= 4 is 17.4 Å². The first kappa shape index (κ1) is 11.4. The summed E-state index contributed by atoms with van der Waals surface area (Å²) in [6.45, 7) is 4.54. The van der Waals surface area contributed by atoms with Crippen molar-refractivity contribution in [3.05, 3.63) is 29.8 Å². The van der Waals surface area contributed by atoms with Gasteiger partial charge in [-0.1, -0.05) is 32.4 Å². The highest BCUT2D eigenvalue weighted by atomic mass is 32.2. The van der Waals surface area contributed by atoms with Gasteiger partial charge in [-0.2, -0.15) is 11.8 Å². The van der Waals surface area contributed by atoms with Gasteiger partial charge in [-0.15, -0.1) is 0 Å². The summed E-state index contributed by atoms with van der Waals surface area (Å²) >= 11 is 1.99. The van der Waals surface area contributed by atoms with Crippen LogP contribution in [-0.4, -0.2) is 5.75 Å². The molecule has 1 aromatic rings. The van der Waals surface area contributed by atoms with Crippen molar-refractivity contribution in [1.29, 1.82) is 0 Å². The topological polar surface area (TPSA) is 26.0 Å². The van der Waals surface area contributed by atoms with E-state index in [0.29, 0.717) is 0 Å². The van der Waals surface area contributed by atoms with Crippen LogP contribution in [0.25, 0.3) is 0 Å². The Labute approximate surface area is 91.1 Å². The molecule has 0 radical (unpaired) electrons. The van der Waals surface area contributed by atoms with E-state index in [1.54, 1.807) is 0 Å². The van der Waals surface area contributed by atoms with Crippen LogP contribution in [0.15, 0.2) is 24.3 Å². The quantitative estimate of drug-likeness (QED) is 0.751. The Morgan fingerprint density at radius 3 is 2.86 bits per heavy atom. The minimum atomic E-state index is 0.820. The third-order valence-corrected chi connectivity index (χ3v) is 3.66. The van der Waals surface area contributed by atoms with Crippen LogP contribution in [0.1, 0.15) is 25.8 Å². The van der Waals surface area contributed by atoms with Crippen molar-refractivity contribution in [2.45, 2.75) is 26.0 Å². The molecule has 1 rings (SSSR count). The van der Waals surface area contributed by atoms with Crippen LogP contribution in [0.5, 0.6) is 0 Å². The number of hydrogen-bond donors (Lipinski definition) is 1. The average molecular weight is 209 g/mol. The monoisotopic (exact) mass is 209 g/mol. The van der Waals surface area contributed by atoms with Gasteiger partial charge in [0.15, 0.2) is 0 Å². The van der Waals surface area contributed by atoms with Crippen molar-refractivity contribution in [3.63, 3.8) is 0 Å². The Balaban J connectivity index is 2.31. The molecule has 78 valence electrons. The fourth-order valence-corrected chi connectivity index (χ4v) is 2.35. The number of anilines is 1. The molecular weight excluding hydrogens is 190 g/mol. The van der Waals surface area contributed by atoms with Gasteiger partial charge in [-0.25, -0.2) is 0 Å². The number of benzene rings is 1. The van der Waals surface area contributed by atoms with Crippen molar-refractivity contribution in [3.8, 4) is 0 Å². The molecule has 0 aromatic heterocycles. The summed E-state index contributed by atoms with van der Waals surface area (Å²) in [5, 5.41) is 0. The van der Waals surface area contributed by atoms with Gasteiger partial charge in [0.05, 0.1) is 0 Å². The predicted octanol–water partition coefficient (Wildman–Crippen LogP) is 3.55. The van der Waals surface area contributed by atoms with E-state index >= 15 is 0 Å². The van der Waals surface area contributed by atoms with E-state index in [2.05, 4.69) is 26.0 Å². The summed E-state index contributed by atoms with van der Waals surface area (Å²) in [5.74, 6) is 3.14. The highest BCUT2D eigenvalue weighted by molar-refractivity contribution is 7.98. The second-order valence-corrected chi connectivity index (χ2v) is 4.80. The fourth-order valence-electron chi connectivity index (χ4n) is 1.18. The summed E-state index contributed by atoms with van der Waals surface area (Å²) in [4.78, 5) is 0. The third kappa shape index (κ3) is 4.05. The average Bonchev–Trinajstić information content (AvgIpc) is 2.17. The molecule has 2 N–H and O–H groups in total. The highest BCUT2D eigenvalue weighted by Crippen LogP contribution is 2.18. The molecule has 0 bridgehead atoms. The summed E-state index contributed by atoms with van der Waals surface area (Å²) in [6.07, 6.45) is 1.27. The van der Waals surface area contributed by atoms with E-state index in [-0.39, 0.29) is 0 Å². The zero-order valence-corrected chi connectivity index (χ0v) is 9.81. The van der Waals surface area contributed by atoms with Gasteiger partial charge in [0, 0.05) is 11.4 Å². The molecule has 0 saturated carbocycles. The number of rotatable bonds is 5. The second-order valence-electron chi connectivity index (χ2n) is 3.77. The largest absolute Gasteiger partial charge is 0.399 e. The van der Waals surface area contributed by atoms with Crippen LogP contribution in [-0.2, 0) is 5.75 Å². The van der Waals surface area contributed by atoms with Crippen molar-refractivity contribution in [2.75, 3.05) is 11.5 Å². The van der Waals surface area contributed by atoms with E-state index < -0.39 is 0 Å². The Hall–Kier alpha value is -0.630.